The molecule has 0 bridgehead atoms. The van der Waals surface area contributed by atoms with Gasteiger partial charge in [0, 0.05) is 26.2 Å². The van der Waals surface area contributed by atoms with E-state index in [2.05, 4.69) is 4.90 Å². The van der Waals surface area contributed by atoms with Gasteiger partial charge in [0.25, 0.3) is 0 Å². The maximum Gasteiger partial charge on any atom is 0.243 e. The number of piperazine rings is 1. The number of hydrogen-bond donors (Lipinski definition) is 0. The molecule has 0 atom stereocenters. The molecular weight excluding hydrogens is 414 g/mol. The molecule has 168 valence electrons. The molecule has 8 heteroatoms. The maximum atomic E-state index is 13.1. The van der Waals surface area contributed by atoms with E-state index in [0.717, 1.165) is 23.3 Å². The minimum Gasteiger partial charge on any atom is -0.495 e. The molecule has 0 N–H and O–H groups in total. The Morgan fingerprint density at radius 1 is 1.03 bits per heavy atom. The lowest BCUT2D eigenvalue weighted by Crippen LogP contribution is -2.52. The summed E-state index contributed by atoms with van der Waals surface area (Å²) in [6.07, 6.45) is 1.15. The Morgan fingerprint density at radius 2 is 1.65 bits per heavy atom. The van der Waals surface area contributed by atoms with E-state index in [1.165, 1.54) is 4.31 Å². The van der Waals surface area contributed by atoms with Crippen molar-refractivity contribution in [2.45, 2.75) is 19.8 Å². The predicted octanol–water partition coefficient (Wildman–Crippen LogP) is 2.93. The number of hydrogen-bond acceptors (Lipinski definition) is 5. The lowest BCUT2D eigenvalue weighted by molar-refractivity contribution is -0.129. The van der Waals surface area contributed by atoms with Crippen LogP contribution < -0.4 is 13.9 Å². The van der Waals surface area contributed by atoms with E-state index >= 15 is 0 Å². The summed E-state index contributed by atoms with van der Waals surface area (Å²) in [5, 5.41) is 0. The van der Waals surface area contributed by atoms with Crippen LogP contribution in [0.3, 0.4) is 0 Å². The minimum absolute atomic E-state index is 0.139. The number of carbonyl (C=O) groups is 1. The van der Waals surface area contributed by atoms with Crippen molar-refractivity contribution in [2.24, 2.45) is 0 Å². The number of sulfonamides is 1. The van der Waals surface area contributed by atoms with Crippen LogP contribution in [0.25, 0.3) is 0 Å². The van der Waals surface area contributed by atoms with Gasteiger partial charge < -0.3 is 14.5 Å². The molecule has 1 fully saturated rings. The molecule has 0 aliphatic carbocycles. The van der Waals surface area contributed by atoms with Crippen LogP contribution in [0.1, 0.15) is 25.3 Å². The topological polar surface area (TPSA) is 70.2 Å². The van der Waals surface area contributed by atoms with Crippen LogP contribution in [0, 0.1) is 0 Å². The molecule has 2 aromatic rings. The van der Waals surface area contributed by atoms with Crippen molar-refractivity contribution in [2.75, 3.05) is 55.3 Å². The van der Waals surface area contributed by atoms with Crippen molar-refractivity contribution >= 4 is 27.3 Å². The largest absolute Gasteiger partial charge is 0.495 e. The van der Waals surface area contributed by atoms with Crippen molar-refractivity contribution in [1.82, 2.24) is 4.90 Å². The van der Waals surface area contributed by atoms with E-state index in [1.807, 2.05) is 50.2 Å². The lowest BCUT2D eigenvalue weighted by Gasteiger charge is -2.37. The van der Waals surface area contributed by atoms with Gasteiger partial charge in [-0.1, -0.05) is 44.2 Å². The van der Waals surface area contributed by atoms with Gasteiger partial charge in [0.1, 0.15) is 12.3 Å². The van der Waals surface area contributed by atoms with Crippen LogP contribution in [-0.2, 0) is 14.8 Å². The third-order valence-corrected chi connectivity index (χ3v) is 6.69. The molecule has 1 aliphatic heterocycles. The highest BCUT2D eigenvalue weighted by atomic mass is 32.2. The van der Waals surface area contributed by atoms with Gasteiger partial charge in [0.05, 0.1) is 24.7 Å². The van der Waals surface area contributed by atoms with Gasteiger partial charge in [0.2, 0.25) is 15.9 Å². The smallest absolute Gasteiger partial charge is 0.243 e. The van der Waals surface area contributed by atoms with Gasteiger partial charge in [-0.2, -0.15) is 0 Å². The minimum atomic E-state index is -3.61. The highest BCUT2D eigenvalue weighted by Gasteiger charge is 2.28. The average molecular weight is 446 g/mol. The van der Waals surface area contributed by atoms with E-state index in [4.69, 9.17) is 4.74 Å². The third-order valence-electron chi connectivity index (χ3n) is 5.56. The Hall–Kier alpha value is -2.74. The normalized spacial score (nSPS) is 14.6. The van der Waals surface area contributed by atoms with Gasteiger partial charge in [0.15, 0.2) is 0 Å². The number of para-hydroxylation sites is 3. The Balaban J connectivity index is 1.73. The predicted molar refractivity (Wildman–Crippen MR) is 125 cm³/mol. The monoisotopic (exact) mass is 445 g/mol. The second-order valence-electron chi connectivity index (χ2n) is 8.02. The number of nitrogens with zero attached hydrogens (tertiary/aromatic N) is 3. The number of methoxy groups -OCH3 is 1. The van der Waals surface area contributed by atoms with Crippen LogP contribution >= 0.6 is 0 Å². The summed E-state index contributed by atoms with van der Waals surface area (Å²) >= 11 is 0. The summed E-state index contributed by atoms with van der Waals surface area (Å²) in [5.41, 5.74) is 2.48. The SMILES string of the molecule is COc1ccccc1N1CCN(C(=O)CN(c2ccccc2C(C)C)S(C)(=O)=O)CC1. The van der Waals surface area contributed by atoms with Crippen LogP contribution in [0.15, 0.2) is 48.5 Å². The van der Waals surface area contributed by atoms with Crippen molar-refractivity contribution in [3.63, 3.8) is 0 Å². The highest BCUT2D eigenvalue weighted by molar-refractivity contribution is 7.92. The fraction of sp³-hybridized carbons (Fsp3) is 0.435. The Morgan fingerprint density at radius 3 is 2.26 bits per heavy atom. The van der Waals surface area contributed by atoms with Crippen LogP contribution in [-0.4, -0.2) is 65.3 Å². The number of rotatable bonds is 7. The van der Waals surface area contributed by atoms with E-state index in [0.29, 0.717) is 31.9 Å². The number of benzene rings is 2. The van der Waals surface area contributed by atoms with E-state index in [1.54, 1.807) is 24.1 Å². The summed E-state index contributed by atoms with van der Waals surface area (Å²) < 4.78 is 31.8. The van der Waals surface area contributed by atoms with Crippen molar-refractivity contribution in [3.8, 4) is 5.75 Å². The van der Waals surface area contributed by atoms with Gasteiger partial charge in [-0.15, -0.1) is 0 Å². The molecule has 2 aromatic carbocycles. The van der Waals surface area contributed by atoms with Crippen LogP contribution in [0.2, 0.25) is 0 Å². The quantitative estimate of drug-likeness (QED) is 0.655. The number of anilines is 2. The van der Waals surface area contributed by atoms with E-state index < -0.39 is 10.0 Å². The van der Waals surface area contributed by atoms with E-state index in [9.17, 15) is 13.2 Å². The highest BCUT2D eigenvalue weighted by Crippen LogP contribution is 2.30. The zero-order valence-corrected chi connectivity index (χ0v) is 19.4. The van der Waals surface area contributed by atoms with Gasteiger partial charge in [-0.05, 0) is 29.7 Å². The lowest BCUT2D eigenvalue weighted by atomic mass is 10.0. The zero-order chi connectivity index (χ0) is 22.6. The second kappa shape index (κ2) is 9.60. The third kappa shape index (κ3) is 5.31. The van der Waals surface area contributed by atoms with Gasteiger partial charge in [-0.25, -0.2) is 8.42 Å². The van der Waals surface area contributed by atoms with Crippen molar-refractivity contribution in [1.29, 1.82) is 0 Å². The molecule has 1 amide bonds. The van der Waals surface area contributed by atoms with Gasteiger partial charge >= 0.3 is 0 Å². The number of ether oxygens (including phenoxy) is 1. The van der Waals surface area contributed by atoms with Crippen molar-refractivity contribution < 1.29 is 17.9 Å². The molecule has 1 heterocycles. The standard InChI is InChI=1S/C23H31N3O4S/c1-18(2)19-9-5-6-10-20(19)26(31(4,28)29)17-23(27)25-15-13-24(14-16-25)21-11-7-8-12-22(21)30-3/h5-12,18H,13-17H2,1-4H3. The fourth-order valence-corrected chi connectivity index (χ4v) is 4.76. The molecule has 7 nitrogen and oxygen atoms in total. The molecule has 0 radical (unpaired) electrons. The first kappa shape index (κ1) is 22.9. The second-order valence-corrected chi connectivity index (χ2v) is 9.93. The molecule has 0 aromatic heterocycles. The molecule has 0 saturated carbocycles. The summed E-state index contributed by atoms with van der Waals surface area (Å²) in [6, 6.07) is 15.2. The summed E-state index contributed by atoms with van der Waals surface area (Å²) in [7, 11) is -1.97. The summed E-state index contributed by atoms with van der Waals surface area (Å²) in [5.74, 6) is 0.749. The Bertz CT molecular complexity index is 1010. The van der Waals surface area contributed by atoms with Gasteiger partial charge in [-0.3, -0.25) is 9.10 Å². The first-order valence-electron chi connectivity index (χ1n) is 10.4. The first-order chi connectivity index (χ1) is 14.7. The average Bonchev–Trinajstić information content (AvgIpc) is 2.76. The van der Waals surface area contributed by atoms with E-state index in [-0.39, 0.29) is 18.4 Å². The summed E-state index contributed by atoms with van der Waals surface area (Å²) in [4.78, 5) is 17.0. The Labute approximate surface area is 185 Å². The molecule has 0 spiro atoms. The molecular formula is C23H31N3O4S. The molecule has 31 heavy (non-hydrogen) atoms. The van der Waals surface area contributed by atoms with Crippen LogP contribution in [0.4, 0.5) is 11.4 Å². The first-order valence-corrected chi connectivity index (χ1v) is 12.3. The Kier molecular flexibility index (Phi) is 7.10. The van der Waals surface area contributed by atoms with Crippen molar-refractivity contribution in [3.05, 3.63) is 54.1 Å². The molecule has 0 unspecified atom stereocenters. The summed E-state index contributed by atoms with van der Waals surface area (Å²) in [6.45, 7) is 6.20. The zero-order valence-electron chi connectivity index (χ0n) is 18.6. The molecule has 1 aliphatic rings. The van der Waals surface area contributed by atoms with Crippen LogP contribution in [0.5, 0.6) is 5.75 Å². The fourth-order valence-electron chi connectivity index (χ4n) is 3.89. The molecule has 1 saturated heterocycles. The molecule has 3 rings (SSSR count). The number of amides is 1. The number of carbonyl (C=O) groups excluding carboxylic acids is 1. The maximum absolute atomic E-state index is 13.1.